The lowest BCUT2D eigenvalue weighted by molar-refractivity contribution is 0.0926. The molecule has 158 valence electrons. The van der Waals surface area contributed by atoms with E-state index in [0.717, 1.165) is 22.6 Å². The van der Waals surface area contributed by atoms with E-state index in [9.17, 15) is 13.2 Å². The minimum atomic E-state index is -3.61. The molecule has 30 heavy (non-hydrogen) atoms. The normalized spacial score (nSPS) is 12.2. The van der Waals surface area contributed by atoms with Crippen LogP contribution in [0.5, 0.6) is 5.75 Å². The van der Waals surface area contributed by atoms with E-state index in [1.54, 1.807) is 35.7 Å². The number of nitrogens with one attached hydrogen (secondary N) is 2. The monoisotopic (exact) mass is 444 g/mol. The van der Waals surface area contributed by atoms with Crippen LogP contribution in [0.3, 0.4) is 0 Å². The van der Waals surface area contributed by atoms with Gasteiger partial charge < -0.3 is 10.1 Å². The largest absolute Gasteiger partial charge is 0.491 e. The van der Waals surface area contributed by atoms with E-state index in [1.165, 1.54) is 11.6 Å². The van der Waals surface area contributed by atoms with Gasteiger partial charge in [0.05, 0.1) is 6.04 Å². The first-order valence-corrected chi connectivity index (χ1v) is 11.8. The second-order valence-corrected chi connectivity index (χ2v) is 9.90. The molecular weight excluding hydrogens is 420 g/mol. The Morgan fingerprint density at radius 2 is 1.80 bits per heavy atom. The summed E-state index contributed by atoms with van der Waals surface area (Å²) >= 11 is 1.14. The second-order valence-electron chi connectivity index (χ2n) is 7.05. The third kappa shape index (κ3) is 5.61. The average molecular weight is 445 g/mol. The number of sulfonamides is 1. The molecule has 8 heteroatoms. The number of anilines is 1. The number of thiophene rings is 1. The van der Waals surface area contributed by atoms with Crippen LogP contribution < -0.4 is 14.8 Å². The van der Waals surface area contributed by atoms with E-state index in [0.29, 0.717) is 17.9 Å². The summed E-state index contributed by atoms with van der Waals surface area (Å²) in [6, 6.07) is 15.2. The fraction of sp³-hybridized carbons (Fsp3) is 0.227. The zero-order valence-corrected chi connectivity index (χ0v) is 18.6. The Labute approximate surface area is 181 Å². The Morgan fingerprint density at radius 3 is 2.43 bits per heavy atom. The number of amides is 1. The second kappa shape index (κ2) is 9.32. The fourth-order valence-electron chi connectivity index (χ4n) is 2.69. The van der Waals surface area contributed by atoms with Gasteiger partial charge >= 0.3 is 0 Å². The number of carbonyl (C=O) groups excluding carboxylic acids is 1. The lowest BCUT2D eigenvalue weighted by Gasteiger charge is -2.16. The number of aryl methyl sites for hydroxylation is 2. The Kier molecular flexibility index (Phi) is 6.79. The predicted octanol–water partition coefficient (Wildman–Crippen LogP) is 4.36. The van der Waals surface area contributed by atoms with Crippen molar-refractivity contribution in [3.8, 4) is 5.75 Å². The van der Waals surface area contributed by atoms with E-state index in [-0.39, 0.29) is 16.2 Å². The quantitative estimate of drug-likeness (QED) is 0.541. The van der Waals surface area contributed by atoms with Gasteiger partial charge in [0.15, 0.2) is 0 Å². The number of hydrogen-bond acceptors (Lipinski definition) is 5. The molecule has 0 bridgehead atoms. The molecule has 2 N–H and O–H groups in total. The summed E-state index contributed by atoms with van der Waals surface area (Å²) in [5.74, 6) is 0.514. The van der Waals surface area contributed by atoms with Crippen molar-refractivity contribution in [2.24, 2.45) is 0 Å². The molecule has 6 nitrogen and oxygen atoms in total. The highest BCUT2D eigenvalue weighted by Crippen LogP contribution is 2.20. The minimum absolute atomic E-state index is 0.198. The van der Waals surface area contributed by atoms with Gasteiger partial charge in [-0.2, -0.15) is 0 Å². The Hall–Kier alpha value is -2.84. The third-order valence-electron chi connectivity index (χ3n) is 4.52. The highest BCUT2D eigenvalue weighted by molar-refractivity contribution is 7.94. The van der Waals surface area contributed by atoms with Crippen molar-refractivity contribution in [2.75, 3.05) is 11.3 Å². The molecule has 0 saturated heterocycles. The number of benzene rings is 2. The van der Waals surface area contributed by atoms with E-state index in [1.807, 2.05) is 39.0 Å². The topological polar surface area (TPSA) is 84.5 Å². The molecular formula is C22H24N2O4S2. The van der Waals surface area contributed by atoms with Crippen molar-refractivity contribution >= 4 is 33.0 Å². The molecule has 1 aromatic heterocycles. The van der Waals surface area contributed by atoms with Crippen LogP contribution in [0.1, 0.15) is 28.4 Å². The van der Waals surface area contributed by atoms with Gasteiger partial charge in [-0.05, 0) is 79.7 Å². The molecule has 0 aliphatic heterocycles. The first-order valence-electron chi connectivity index (χ1n) is 9.42. The third-order valence-corrected chi connectivity index (χ3v) is 7.29. The molecule has 3 rings (SSSR count). The van der Waals surface area contributed by atoms with Crippen molar-refractivity contribution in [3.63, 3.8) is 0 Å². The van der Waals surface area contributed by atoms with Gasteiger partial charge in [0.25, 0.3) is 15.9 Å². The lowest BCUT2D eigenvalue weighted by Crippen LogP contribution is -2.36. The van der Waals surface area contributed by atoms with Gasteiger partial charge in [0, 0.05) is 11.3 Å². The van der Waals surface area contributed by atoms with Crippen LogP contribution in [-0.2, 0) is 10.0 Å². The highest BCUT2D eigenvalue weighted by atomic mass is 32.2. The maximum absolute atomic E-state index is 12.4. The van der Waals surface area contributed by atoms with Crippen molar-refractivity contribution < 1.29 is 17.9 Å². The summed E-state index contributed by atoms with van der Waals surface area (Å²) in [6.45, 7) is 6.27. The molecule has 1 amide bonds. The molecule has 0 unspecified atom stereocenters. The highest BCUT2D eigenvalue weighted by Gasteiger charge is 2.16. The van der Waals surface area contributed by atoms with Gasteiger partial charge in [0.1, 0.15) is 16.6 Å². The molecule has 2 aromatic carbocycles. The van der Waals surface area contributed by atoms with Crippen LogP contribution in [0.15, 0.2) is 64.2 Å². The molecule has 3 aromatic rings. The molecule has 1 atom stereocenters. The van der Waals surface area contributed by atoms with Crippen molar-refractivity contribution in [3.05, 3.63) is 76.7 Å². The number of rotatable bonds is 8. The van der Waals surface area contributed by atoms with Gasteiger partial charge in [-0.1, -0.05) is 12.1 Å². The SMILES string of the molecule is Cc1ccc(OC[C@H](C)NC(=O)c2ccc(NS(=O)(=O)c3cccs3)cc2)cc1C. The molecule has 0 spiro atoms. The number of ether oxygens (including phenoxy) is 1. The van der Waals surface area contributed by atoms with Gasteiger partial charge in [-0.25, -0.2) is 8.42 Å². The maximum atomic E-state index is 12.4. The van der Waals surface area contributed by atoms with E-state index >= 15 is 0 Å². The maximum Gasteiger partial charge on any atom is 0.271 e. The summed E-state index contributed by atoms with van der Waals surface area (Å²) in [5.41, 5.74) is 3.18. The Balaban J connectivity index is 1.54. The smallest absolute Gasteiger partial charge is 0.271 e. The standard InChI is InChI=1S/C22H24N2O4S2/c1-15-6-11-20(13-16(15)2)28-14-17(3)23-22(25)18-7-9-19(10-8-18)24-30(26,27)21-5-4-12-29-21/h4-13,17,24H,14H2,1-3H3,(H,23,25)/t17-/m0/s1. The van der Waals surface area contributed by atoms with E-state index in [4.69, 9.17) is 4.74 Å². The Bertz CT molecular complexity index is 1110. The summed E-state index contributed by atoms with van der Waals surface area (Å²) in [5, 5.41) is 4.58. The zero-order chi connectivity index (χ0) is 21.7. The predicted molar refractivity (Wildman–Crippen MR) is 120 cm³/mol. The van der Waals surface area contributed by atoms with Crippen molar-refractivity contribution in [2.45, 2.75) is 31.0 Å². The molecule has 0 radical (unpaired) electrons. The summed E-state index contributed by atoms with van der Waals surface area (Å²) < 4.78 is 33.0. The molecule has 0 aliphatic rings. The van der Waals surface area contributed by atoms with Crippen LogP contribution in [0, 0.1) is 13.8 Å². The molecule has 0 saturated carbocycles. The number of hydrogen-bond donors (Lipinski definition) is 2. The first-order chi connectivity index (χ1) is 14.2. The van der Waals surface area contributed by atoms with E-state index in [2.05, 4.69) is 10.0 Å². The van der Waals surface area contributed by atoms with Crippen LogP contribution in [0.4, 0.5) is 5.69 Å². The van der Waals surface area contributed by atoms with Crippen LogP contribution in [-0.4, -0.2) is 27.0 Å². The first kappa shape index (κ1) is 21.9. The molecule has 1 heterocycles. The van der Waals surface area contributed by atoms with Crippen molar-refractivity contribution in [1.82, 2.24) is 5.32 Å². The van der Waals surface area contributed by atoms with Crippen LogP contribution >= 0.6 is 11.3 Å². The summed E-state index contributed by atoms with van der Waals surface area (Å²) in [4.78, 5) is 12.4. The molecule has 0 fully saturated rings. The van der Waals surface area contributed by atoms with Gasteiger partial charge in [-0.3, -0.25) is 9.52 Å². The van der Waals surface area contributed by atoms with E-state index < -0.39 is 10.0 Å². The summed E-state index contributed by atoms with van der Waals surface area (Å²) in [7, 11) is -3.61. The van der Waals surface area contributed by atoms with Gasteiger partial charge in [0.2, 0.25) is 0 Å². The fourth-order valence-corrected chi connectivity index (χ4v) is 4.74. The minimum Gasteiger partial charge on any atom is -0.491 e. The molecule has 0 aliphatic carbocycles. The van der Waals surface area contributed by atoms with Crippen LogP contribution in [0.2, 0.25) is 0 Å². The Morgan fingerprint density at radius 1 is 1.07 bits per heavy atom. The average Bonchev–Trinajstić information content (AvgIpc) is 3.25. The number of carbonyl (C=O) groups is 1. The van der Waals surface area contributed by atoms with Crippen LogP contribution in [0.25, 0.3) is 0 Å². The van der Waals surface area contributed by atoms with Crippen molar-refractivity contribution in [1.29, 1.82) is 0 Å². The zero-order valence-electron chi connectivity index (χ0n) is 17.0. The lowest BCUT2D eigenvalue weighted by atomic mass is 10.1. The van der Waals surface area contributed by atoms with Gasteiger partial charge in [-0.15, -0.1) is 11.3 Å². The summed E-state index contributed by atoms with van der Waals surface area (Å²) in [6.07, 6.45) is 0.